The highest BCUT2D eigenvalue weighted by Gasteiger charge is 2.16. The van der Waals surface area contributed by atoms with Crippen LogP contribution < -0.4 is 10.2 Å². The Morgan fingerprint density at radius 1 is 1.17 bits per heavy atom. The highest BCUT2D eigenvalue weighted by molar-refractivity contribution is 9.10. The van der Waals surface area contributed by atoms with E-state index in [0.717, 1.165) is 47.6 Å². The summed E-state index contributed by atoms with van der Waals surface area (Å²) in [6, 6.07) is 7.69. The Morgan fingerprint density at radius 3 is 2.62 bits per heavy atom. The lowest BCUT2D eigenvalue weighted by Crippen LogP contribution is -2.44. The number of aryl methyl sites for hydroxylation is 1. The van der Waals surface area contributed by atoms with Gasteiger partial charge in [0.2, 0.25) is 0 Å². The highest BCUT2D eigenvalue weighted by atomic mass is 79.9. The summed E-state index contributed by atoms with van der Waals surface area (Å²) in [5, 5.41) is 2.93. The Labute approximate surface area is 150 Å². The molecule has 0 bridgehead atoms. The van der Waals surface area contributed by atoms with E-state index in [1.54, 1.807) is 6.20 Å². The number of rotatable bonds is 3. The molecule has 1 amide bonds. The van der Waals surface area contributed by atoms with Gasteiger partial charge in [-0.3, -0.25) is 9.78 Å². The number of amides is 1. The van der Waals surface area contributed by atoms with Gasteiger partial charge in [-0.25, -0.2) is 0 Å². The molecule has 0 radical (unpaired) electrons. The van der Waals surface area contributed by atoms with Crippen LogP contribution in [0.1, 0.15) is 15.9 Å². The first-order valence-electron chi connectivity index (χ1n) is 7.99. The molecule has 1 aromatic carbocycles. The highest BCUT2D eigenvalue weighted by Crippen LogP contribution is 2.22. The molecule has 0 saturated carbocycles. The topological polar surface area (TPSA) is 48.5 Å². The number of halogens is 1. The summed E-state index contributed by atoms with van der Waals surface area (Å²) >= 11 is 3.49. The Hall–Kier alpha value is -1.92. The summed E-state index contributed by atoms with van der Waals surface area (Å²) < 4.78 is 0.976. The lowest BCUT2D eigenvalue weighted by molar-refractivity contribution is 0.102. The van der Waals surface area contributed by atoms with Crippen molar-refractivity contribution in [2.24, 2.45) is 0 Å². The van der Waals surface area contributed by atoms with E-state index in [4.69, 9.17) is 0 Å². The van der Waals surface area contributed by atoms with Crippen LogP contribution in [0.25, 0.3) is 0 Å². The van der Waals surface area contributed by atoms with Crippen LogP contribution in [0.3, 0.4) is 0 Å². The summed E-state index contributed by atoms with van der Waals surface area (Å²) in [6.45, 7) is 5.96. The Balaban J connectivity index is 1.73. The maximum Gasteiger partial charge on any atom is 0.257 e. The Bertz CT molecular complexity index is 742. The van der Waals surface area contributed by atoms with Crippen molar-refractivity contribution in [3.63, 3.8) is 0 Å². The third-order valence-corrected chi connectivity index (χ3v) is 5.14. The van der Waals surface area contributed by atoms with Gasteiger partial charge in [-0.1, -0.05) is 22.0 Å². The van der Waals surface area contributed by atoms with E-state index in [1.165, 1.54) is 0 Å². The third-order valence-electron chi connectivity index (χ3n) is 4.28. The first kappa shape index (κ1) is 16.9. The van der Waals surface area contributed by atoms with Crippen LogP contribution in [0.4, 0.5) is 11.4 Å². The largest absolute Gasteiger partial charge is 0.368 e. The number of piperazine rings is 1. The molecule has 1 aromatic heterocycles. The number of nitrogens with one attached hydrogen (secondary N) is 1. The predicted molar refractivity (Wildman–Crippen MR) is 101 cm³/mol. The molecule has 2 aromatic rings. The molecule has 0 atom stereocenters. The van der Waals surface area contributed by atoms with Gasteiger partial charge in [-0.05, 0) is 37.7 Å². The number of nitrogens with zero attached hydrogens (tertiary/aromatic N) is 3. The van der Waals surface area contributed by atoms with Gasteiger partial charge in [0, 0.05) is 42.5 Å². The zero-order valence-corrected chi connectivity index (χ0v) is 15.5. The second-order valence-corrected chi connectivity index (χ2v) is 6.99. The summed E-state index contributed by atoms with van der Waals surface area (Å²) in [7, 11) is 2.12. The molecule has 0 spiro atoms. The van der Waals surface area contributed by atoms with Crippen LogP contribution in [0, 0.1) is 6.92 Å². The summed E-state index contributed by atoms with van der Waals surface area (Å²) in [5.74, 6) is -0.144. The number of hydrogen-bond acceptors (Lipinski definition) is 4. The molecule has 6 heteroatoms. The van der Waals surface area contributed by atoms with Crippen LogP contribution in [-0.2, 0) is 0 Å². The van der Waals surface area contributed by atoms with E-state index >= 15 is 0 Å². The van der Waals surface area contributed by atoms with Gasteiger partial charge in [-0.15, -0.1) is 0 Å². The van der Waals surface area contributed by atoms with Crippen LogP contribution in [-0.4, -0.2) is 49.0 Å². The van der Waals surface area contributed by atoms with Crippen LogP contribution in [0.2, 0.25) is 0 Å². The molecule has 1 fully saturated rings. The lowest BCUT2D eigenvalue weighted by Gasteiger charge is -2.33. The van der Waals surface area contributed by atoms with Crippen molar-refractivity contribution >= 4 is 33.2 Å². The fraction of sp³-hybridized carbons (Fsp3) is 0.333. The maximum absolute atomic E-state index is 12.5. The molecular formula is C18H21BrN4O. The molecule has 1 saturated heterocycles. The predicted octanol–water partition coefficient (Wildman–Crippen LogP) is 3.16. The zero-order valence-electron chi connectivity index (χ0n) is 13.9. The molecule has 2 heterocycles. The maximum atomic E-state index is 12.5. The minimum Gasteiger partial charge on any atom is -0.368 e. The normalized spacial score (nSPS) is 15.4. The van der Waals surface area contributed by atoms with Gasteiger partial charge >= 0.3 is 0 Å². The number of carbonyl (C=O) groups is 1. The molecule has 1 N–H and O–H groups in total. The standard InChI is InChI=1S/C18H21BrN4O/c1-13-3-4-15(10-17(13)19)21-18(24)14-9-16(12-20-11-14)23-7-5-22(2)6-8-23/h3-4,9-12H,5-8H2,1-2H3,(H,21,24). The van der Waals surface area contributed by atoms with Crippen molar-refractivity contribution in [3.05, 3.63) is 52.3 Å². The van der Waals surface area contributed by atoms with Crippen molar-refractivity contribution in [2.45, 2.75) is 6.92 Å². The van der Waals surface area contributed by atoms with Crippen LogP contribution in [0.15, 0.2) is 41.1 Å². The SMILES string of the molecule is Cc1ccc(NC(=O)c2cncc(N3CCN(C)CC3)c2)cc1Br. The number of aromatic nitrogens is 1. The molecule has 24 heavy (non-hydrogen) atoms. The molecule has 1 aliphatic rings. The van der Waals surface area contributed by atoms with Gasteiger partial charge < -0.3 is 15.1 Å². The van der Waals surface area contributed by atoms with Gasteiger partial charge in [0.1, 0.15) is 0 Å². The smallest absolute Gasteiger partial charge is 0.257 e. The average Bonchev–Trinajstić information content (AvgIpc) is 2.59. The summed E-state index contributed by atoms with van der Waals surface area (Å²) in [6.07, 6.45) is 3.43. The fourth-order valence-electron chi connectivity index (χ4n) is 2.66. The fourth-order valence-corrected chi connectivity index (χ4v) is 3.04. The van der Waals surface area contributed by atoms with Gasteiger partial charge in [0.25, 0.3) is 5.91 Å². The second-order valence-electron chi connectivity index (χ2n) is 6.14. The number of carbonyl (C=O) groups excluding carboxylic acids is 1. The number of anilines is 2. The number of benzene rings is 1. The van der Waals surface area contributed by atoms with Crippen molar-refractivity contribution in [2.75, 3.05) is 43.4 Å². The third kappa shape index (κ3) is 3.94. The van der Waals surface area contributed by atoms with Crippen molar-refractivity contribution < 1.29 is 4.79 Å². The Morgan fingerprint density at radius 2 is 1.92 bits per heavy atom. The van der Waals surface area contributed by atoms with Crippen molar-refractivity contribution in [3.8, 4) is 0 Å². The molecule has 126 valence electrons. The summed E-state index contributed by atoms with van der Waals surface area (Å²) in [5.41, 5.74) is 3.47. The zero-order chi connectivity index (χ0) is 17.1. The minimum atomic E-state index is -0.144. The van der Waals surface area contributed by atoms with E-state index in [1.807, 2.05) is 37.4 Å². The summed E-state index contributed by atoms with van der Waals surface area (Å²) in [4.78, 5) is 21.3. The van der Waals surface area contributed by atoms with E-state index in [9.17, 15) is 4.79 Å². The molecule has 3 rings (SSSR count). The monoisotopic (exact) mass is 388 g/mol. The van der Waals surface area contributed by atoms with Gasteiger partial charge in [-0.2, -0.15) is 0 Å². The number of hydrogen-bond donors (Lipinski definition) is 1. The van der Waals surface area contributed by atoms with Gasteiger partial charge in [0.15, 0.2) is 0 Å². The Kier molecular flexibility index (Phi) is 5.16. The van der Waals surface area contributed by atoms with E-state index in [2.05, 4.69) is 43.1 Å². The van der Waals surface area contributed by atoms with Gasteiger partial charge in [0.05, 0.1) is 17.4 Å². The number of pyridine rings is 1. The first-order chi connectivity index (χ1) is 11.5. The molecule has 1 aliphatic heterocycles. The molecular weight excluding hydrogens is 368 g/mol. The van der Waals surface area contributed by atoms with Crippen molar-refractivity contribution in [1.29, 1.82) is 0 Å². The molecule has 0 aliphatic carbocycles. The van der Waals surface area contributed by atoms with Crippen LogP contribution >= 0.6 is 15.9 Å². The first-order valence-corrected chi connectivity index (χ1v) is 8.78. The quantitative estimate of drug-likeness (QED) is 0.876. The number of likely N-dealkylation sites (N-methyl/N-ethyl adjacent to an activating group) is 1. The lowest BCUT2D eigenvalue weighted by atomic mass is 10.2. The molecule has 0 unspecified atom stereocenters. The minimum absolute atomic E-state index is 0.144. The van der Waals surface area contributed by atoms with E-state index in [0.29, 0.717) is 5.56 Å². The van der Waals surface area contributed by atoms with Crippen LogP contribution in [0.5, 0.6) is 0 Å². The molecule has 5 nitrogen and oxygen atoms in total. The van der Waals surface area contributed by atoms with E-state index in [-0.39, 0.29) is 5.91 Å². The van der Waals surface area contributed by atoms with E-state index < -0.39 is 0 Å². The van der Waals surface area contributed by atoms with Crippen molar-refractivity contribution in [1.82, 2.24) is 9.88 Å². The second kappa shape index (κ2) is 7.32. The average molecular weight is 389 g/mol.